The number of aryl methyl sites for hydroxylation is 1. The summed E-state index contributed by atoms with van der Waals surface area (Å²) in [5.74, 6) is -0.0464. The normalized spacial score (nSPS) is 11.1. The molecule has 10 heteroatoms. The maximum absolute atomic E-state index is 12.3. The van der Waals surface area contributed by atoms with E-state index in [0.717, 1.165) is 11.1 Å². The Morgan fingerprint density at radius 2 is 1.83 bits per heavy atom. The topological polar surface area (TPSA) is 113 Å². The number of hydrogen-bond acceptors (Lipinski definition) is 8. The fraction of sp³-hybridized carbons (Fsp3) is 0.200. The summed E-state index contributed by atoms with van der Waals surface area (Å²) in [5, 5.41) is 19.7. The van der Waals surface area contributed by atoms with Gasteiger partial charge in [0.05, 0.1) is 22.3 Å². The molecule has 1 N–H and O–H groups in total. The first-order valence-corrected chi connectivity index (χ1v) is 12.4. The number of nitrogens with zero attached hydrogens (tertiary/aromatic N) is 3. The number of benzene rings is 2. The minimum Gasteiger partial charge on any atom is -0.300 e. The monoisotopic (exact) mass is 458 g/mol. The van der Waals surface area contributed by atoms with E-state index in [2.05, 4.69) is 21.6 Å². The van der Waals surface area contributed by atoms with Crippen molar-refractivity contribution in [1.29, 1.82) is 5.26 Å². The van der Waals surface area contributed by atoms with Crippen LogP contribution >= 0.6 is 23.1 Å². The van der Waals surface area contributed by atoms with Crippen molar-refractivity contribution in [2.75, 3.05) is 11.1 Å². The highest BCUT2D eigenvalue weighted by Crippen LogP contribution is 2.28. The van der Waals surface area contributed by atoms with Crippen LogP contribution in [0.3, 0.4) is 0 Å². The van der Waals surface area contributed by atoms with Gasteiger partial charge in [-0.15, -0.1) is 10.2 Å². The number of nitrogens with one attached hydrogen (secondary N) is 1. The first-order valence-electron chi connectivity index (χ1n) is 8.90. The van der Waals surface area contributed by atoms with Gasteiger partial charge in [-0.1, -0.05) is 52.9 Å². The zero-order valence-corrected chi connectivity index (χ0v) is 18.5. The minimum absolute atomic E-state index is 0.163. The fourth-order valence-corrected chi connectivity index (χ4v) is 5.38. The van der Waals surface area contributed by atoms with Gasteiger partial charge in [0.25, 0.3) is 0 Å². The van der Waals surface area contributed by atoms with E-state index >= 15 is 0 Å². The van der Waals surface area contributed by atoms with Crippen LogP contribution in [0.2, 0.25) is 0 Å². The summed E-state index contributed by atoms with van der Waals surface area (Å²) in [5.41, 5.74) is 2.62. The number of thioether (sulfide) groups is 1. The largest absolute Gasteiger partial charge is 0.300 e. The SMILES string of the molecule is Cc1ccc(S(=O)(=O)CCC(=O)Nc2nnc(SCc3ccc(C#N)cc3)s2)cc1. The van der Waals surface area contributed by atoms with Crippen LogP contribution < -0.4 is 5.32 Å². The predicted molar refractivity (Wildman–Crippen MR) is 117 cm³/mol. The Labute approximate surface area is 183 Å². The molecule has 1 amide bonds. The molecule has 0 saturated carbocycles. The van der Waals surface area contributed by atoms with E-state index < -0.39 is 15.7 Å². The third-order valence-corrected chi connectivity index (χ3v) is 7.85. The van der Waals surface area contributed by atoms with Crippen molar-refractivity contribution >= 4 is 44.0 Å². The summed E-state index contributed by atoms with van der Waals surface area (Å²) < 4.78 is 25.4. The third-order valence-electron chi connectivity index (χ3n) is 4.08. The summed E-state index contributed by atoms with van der Waals surface area (Å²) in [6.45, 7) is 1.88. The van der Waals surface area contributed by atoms with Gasteiger partial charge in [-0.25, -0.2) is 8.42 Å². The number of rotatable bonds is 8. The molecule has 0 saturated heterocycles. The lowest BCUT2D eigenvalue weighted by atomic mass is 10.2. The van der Waals surface area contributed by atoms with Crippen molar-refractivity contribution in [3.63, 3.8) is 0 Å². The molecule has 0 aliphatic carbocycles. The molecule has 0 atom stereocenters. The van der Waals surface area contributed by atoms with E-state index in [1.807, 2.05) is 19.1 Å². The van der Waals surface area contributed by atoms with Crippen LogP contribution in [0, 0.1) is 18.3 Å². The highest BCUT2D eigenvalue weighted by atomic mass is 32.2. The Morgan fingerprint density at radius 3 is 2.50 bits per heavy atom. The molecular formula is C20H18N4O3S3. The Balaban J connectivity index is 1.49. The van der Waals surface area contributed by atoms with Gasteiger partial charge in [0, 0.05) is 12.2 Å². The third kappa shape index (κ3) is 6.13. The molecule has 3 aromatic rings. The minimum atomic E-state index is -3.52. The quantitative estimate of drug-likeness (QED) is 0.403. The van der Waals surface area contributed by atoms with Gasteiger partial charge in [-0.05, 0) is 36.8 Å². The Kier molecular flexibility index (Phi) is 7.20. The van der Waals surface area contributed by atoms with Gasteiger partial charge >= 0.3 is 0 Å². The summed E-state index contributed by atoms with van der Waals surface area (Å²) in [6.07, 6.45) is -0.163. The molecular weight excluding hydrogens is 440 g/mol. The molecule has 0 fully saturated rings. The van der Waals surface area contributed by atoms with Crippen LogP contribution in [0.15, 0.2) is 57.8 Å². The second-order valence-electron chi connectivity index (χ2n) is 6.40. The Hall–Kier alpha value is -2.74. The van der Waals surface area contributed by atoms with Crippen LogP contribution in [-0.4, -0.2) is 30.3 Å². The van der Waals surface area contributed by atoms with Gasteiger partial charge < -0.3 is 5.32 Å². The average molecular weight is 459 g/mol. The van der Waals surface area contributed by atoms with E-state index in [1.165, 1.54) is 23.1 Å². The number of aromatic nitrogens is 2. The number of amides is 1. The summed E-state index contributed by atoms with van der Waals surface area (Å²) in [6, 6.07) is 15.9. The molecule has 0 unspecified atom stereocenters. The van der Waals surface area contributed by atoms with Crippen LogP contribution in [0.5, 0.6) is 0 Å². The highest BCUT2D eigenvalue weighted by molar-refractivity contribution is 8.00. The number of sulfone groups is 1. The standard InChI is InChI=1S/C20H18N4O3S3/c1-14-2-8-17(9-3-14)30(26,27)11-10-18(25)22-19-23-24-20(29-19)28-13-16-6-4-15(12-21)5-7-16/h2-9H,10-11,13H2,1H3,(H,22,23,25). The fourth-order valence-electron chi connectivity index (χ4n) is 2.41. The van der Waals surface area contributed by atoms with Crippen LogP contribution in [0.25, 0.3) is 0 Å². The Morgan fingerprint density at radius 1 is 1.13 bits per heavy atom. The highest BCUT2D eigenvalue weighted by Gasteiger charge is 2.17. The van der Waals surface area contributed by atoms with Crippen molar-refractivity contribution < 1.29 is 13.2 Å². The first kappa shape index (κ1) is 22.0. The lowest BCUT2D eigenvalue weighted by Gasteiger charge is -2.05. The number of hydrogen-bond donors (Lipinski definition) is 1. The molecule has 0 spiro atoms. The van der Waals surface area contributed by atoms with E-state index in [9.17, 15) is 13.2 Å². The smallest absolute Gasteiger partial charge is 0.227 e. The molecule has 2 aromatic carbocycles. The molecule has 0 radical (unpaired) electrons. The van der Waals surface area contributed by atoms with Crippen molar-refractivity contribution in [2.45, 2.75) is 28.3 Å². The lowest BCUT2D eigenvalue weighted by molar-refractivity contribution is -0.115. The van der Waals surface area contributed by atoms with Crippen LogP contribution in [-0.2, 0) is 20.4 Å². The first-order chi connectivity index (χ1) is 14.4. The molecule has 0 aliphatic heterocycles. The molecule has 1 aromatic heterocycles. The Bertz CT molecular complexity index is 1170. The van der Waals surface area contributed by atoms with Crippen molar-refractivity contribution in [1.82, 2.24) is 10.2 Å². The summed E-state index contributed by atoms with van der Waals surface area (Å²) in [4.78, 5) is 12.3. The number of carbonyl (C=O) groups excluding carboxylic acids is 1. The second kappa shape index (κ2) is 9.84. The molecule has 0 bridgehead atoms. The second-order valence-corrected chi connectivity index (χ2v) is 10.7. The van der Waals surface area contributed by atoms with Crippen molar-refractivity contribution in [2.24, 2.45) is 0 Å². The number of nitriles is 1. The molecule has 3 rings (SSSR count). The van der Waals surface area contributed by atoms with Crippen LogP contribution in [0.1, 0.15) is 23.1 Å². The number of carbonyl (C=O) groups is 1. The van der Waals surface area contributed by atoms with Gasteiger partial charge in [0.1, 0.15) is 0 Å². The van der Waals surface area contributed by atoms with E-state index in [1.54, 1.807) is 36.4 Å². The zero-order chi connectivity index (χ0) is 21.6. The van der Waals surface area contributed by atoms with Gasteiger partial charge in [0.2, 0.25) is 11.0 Å². The maximum Gasteiger partial charge on any atom is 0.227 e. The lowest BCUT2D eigenvalue weighted by Crippen LogP contribution is -2.17. The zero-order valence-electron chi connectivity index (χ0n) is 16.0. The van der Waals surface area contributed by atoms with E-state index in [4.69, 9.17) is 5.26 Å². The van der Waals surface area contributed by atoms with Gasteiger partial charge in [0.15, 0.2) is 14.2 Å². The van der Waals surface area contributed by atoms with Crippen LogP contribution in [0.4, 0.5) is 5.13 Å². The van der Waals surface area contributed by atoms with E-state index in [0.29, 0.717) is 20.8 Å². The molecule has 154 valence electrons. The molecule has 0 aliphatic rings. The van der Waals surface area contributed by atoms with Gasteiger partial charge in [-0.2, -0.15) is 5.26 Å². The number of anilines is 1. The maximum atomic E-state index is 12.3. The molecule has 1 heterocycles. The van der Waals surface area contributed by atoms with Crippen molar-refractivity contribution in [3.8, 4) is 6.07 Å². The van der Waals surface area contributed by atoms with Gasteiger partial charge in [-0.3, -0.25) is 4.79 Å². The average Bonchev–Trinajstić information content (AvgIpc) is 3.19. The summed E-state index contributed by atoms with van der Waals surface area (Å²) >= 11 is 2.69. The van der Waals surface area contributed by atoms with Crippen molar-refractivity contribution in [3.05, 3.63) is 65.2 Å². The summed E-state index contributed by atoms with van der Waals surface area (Å²) in [7, 11) is -3.52. The molecule has 30 heavy (non-hydrogen) atoms. The predicted octanol–water partition coefficient (Wildman–Crippen LogP) is 3.81. The van der Waals surface area contributed by atoms with E-state index in [-0.39, 0.29) is 17.1 Å². The molecule has 7 nitrogen and oxygen atoms in total.